The van der Waals surface area contributed by atoms with Crippen molar-refractivity contribution in [2.24, 2.45) is 0 Å². The average molecular weight is 330 g/mol. The van der Waals surface area contributed by atoms with E-state index in [4.69, 9.17) is 0 Å². The first-order chi connectivity index (χ1) is 11.6. The zero-order valence-corrected chi connectivity index (χ0v) is 13.3. The maximum absolute atomic E-state index is 13.3. The van der Waals surface area contributed by atoms with Crippen LogP contribution in [-0.2, 0) is 0 Å². The van der Waals surface area contributed by atoms with Crippen LogP contribution in [0.1, 0.15) is 34.8 Å². The van der Waals surface area contributed by atoms with E-state index in [2.05, 4.69) is 10.2 Å². The summed E-state index contributed by atoms with van der Waals surface area (Å²) in [7, 11) is 0. The Morgan fingerprint density at radius 1 is 1.04 bits per heavy atom. The second kappa shape index (κ2) is 7.53. The second-order valence-electron chi connectivity index (χ2n) is 6.10. The van der Waals surface area contributed by atoms with E-state index in [9.17, 15) is 13.6 Å². The van der Waals surface area contributed by atoms with Gasteiger partial charge in [0.2, 0.25) is 0 Å². The van der Waals surface area contributed by atoms with Crippen LogP contribution < -0.4 is 5.32 Å². The van der Waals surface area contributed by atoms with Crippen LogP contribution in [0.5, 0.6) is 0 Å². The maximum Gasteiger partial charge on any atom is 0.252 e. The molecule has 1 N–H and O–H groups in total. The molecule has 2 aromatic carbocycles. The molecule has 126 valence electrons. The van der Waals surface area contributed by atoms with E-state index in [0.717, 1.165) is 49.7 Å². The molecular formula is C19H20F2N2O. The summed E-state index contributed by atoms with van der Waals surface area (Å²) >= 11 is 0. The van der Waals surface area contributed by atoms with Gasteiger partial charge in [-0.05, 0) is 43.6 Å². The first kappa shape index (κ1) is 16.6. The van der Waals surface area contributed by atoms with Crippen molar-refractivity contribution in [2.45, 2.75) is 18.9 Å². The molecule has 1 saturated heterocycles. The first-order valence-electron chi connectivity index (χ1n) is 8.16. The highest BCUT2D eigenvalue weighted by atomic mass is 19.1. The maximum atomic E-state index is 13.3. The summed E-state index contributed by atoms with van der Waals surface area (Å²) in [6.07, 6.45) is 2.31. The quantitative estimate of drug-likeness (QED) is 0.909. The molecule has 5 heteroatoms. The lowest BCUT2D eigenvalue weighted by atomic mass is 10.1. The summed E-state index contributed by atoms with van der Waals surface area (Å²) in [5, 5.41) is 2.92. The molecule has 1 amide bonds. The fraction of sp³-hybridized carbons (Fsp3) is 0.316. The molecule has 0 aliphatic carbocycles. The number of rotatable bonds is 5. The van der Waals surface area contributed by atoms with E-state index in [1.54, 1.807) is 0 Å². The van der Waals surface area contributed by atoms with E-state index in [-0.39, 0.29) is 11.6 Å². The van der Waals surface area contributed by atoms with Crippen LogP contribution in [0.2, 0.25) is 0 Å². The van der Waals surface area contributed by atoms with Crippen LogP contribution in [0.15, 0.2) is 48.5 Å². The van der Waals surface area contributed by atoms with Crippen molar-refractivity contribution < 1.29 is 13.6 Å². The van der Waals surface area contributed by atoms with Gasteiger partial charge >= 0.3 is 0 Å². The molecule has 1 unspecified atom stereocenters. The molecule has 1 fully saturated rings. The van der Waals surface area contributed by atoms with Gasteiger partial charge in [0.1, 0.15) is 11.6 Å². The third-order valence-electron chi connectivity index (χ3n) is 4.27. The van der Waals surface area contributed by atoms with Crippen LogP contribution in [0, 0.1) is 11.6 Å². The van der Waals surface area contributed by atoms with Crippen molar-refractivity contribution >= 4 is 5.91 Å². The standard InChI is InChI=1S/C19H20F2N2O/c20-16-10-15(11-17(21)12-16)19(24)22-18(13-23-8-4-5-9-23)14-6-2-1-3-7-14/h1-3,6-7,10-12,18H,4-5,8-9,13H2,(H,22,24). The molecule has 1 atom stereocenters. The van der Waals surface area contributed by atoms with Crippen molar-refractivity contribution in [3.05, 3.63) is 71.3 Å². The molecule has 24 heavy (non-hydrogen) atoms. The fourth-order valence-corrected chi connectivity index (χ4v) is 3.07. The van der Waals surface area contributed by atoms with Crippen LogP contribution in [0.3, 0.4) is 0 Å². The highest BCUT2D eigenvalue weighted by molar-refractivity contribution is 5.94. The molecule has 0 bridgehead atoms. The number of carbonyl (C=O) groups excluding carboxylic acids is 1. The van der Waals surface area contributed by atoms with E-state index in [1.165, 1.54) is 0 Å². The predicted molar refractivity (Wildman–Crippen MR) is 88.7 cm³/mol. The van der Waals surface area contributed by atoms with Crippen molar-refractivity contribution in [1.82, 2.24) is 10.2 Å². The number of nitrogens with one attached hydrogen (secondary N) is 1. The Morgan fingerprint density at radius 3 is 2.29 bits per heavy atom. The molecule has 2 aromatic rings. The Labute approximate surface area is 140 Å². The van der Waals surface area contributed by atoms with Gasteiger partial charge in [0.05, 0.1) is 6.04 Å². The molecule has 3 nitrogen and oxygen atoms in total. The van der Waals surface area contributed by atoms with Gasteiger partial charge in [0.25, 0.3) is 5.91 Å². The third kappa shape index (κ3) is 4.17. The minimum absolute atomic E-state index is 0.00477. The molecule has 1 aliphatic heterocycles. The van der Waals surface area contributed by atoms with E-state index in [0.29, 0.717) is 6.54 Å². The molecule has 3 rings (SSSR count). The van der Waals surface area contributed by atoms with E-state index in [1.807, 2.05) is 30.3 Å². The Morgan fingerprint density at radius 2 is 1.67 bits per heavy atom. The first-order valence-corrected chi connectivity index (χ1v) is 8.16. The van der Waals surface area contributed by atoms with E-state index < -0.39 is 17.5 Å². The van der Waals surface area contributed by atoms with Crippen LogP contribution in [-0.4, -0.2) is 30.4 Å². The Kier molecular flexibility index (Phi) is 5.20. The molecule has 0 spiro atoms. The molecule has 1 heterocycles. The SMILES string of the molecule is O=C(NC(CN1CCCC1)c1ccccc1)c1cc(F)cc(F)c1. The molecule has 0 saturated carbocycles. The number of hydrogen-bond donors (Lipinski definition) is 1. The van der Waals surface area contributed by atoms with Gasteiger partial charge in [-0.2, -0.15) is 0 Å². The van der Waals surface area contributed by atoms with Gasteiger partial charge in [-0.1, -0.05) is 30.3 Å². The lowest BCUT2D eigenvalue weighted by Gasteiger charge is -2.25. The summed E-state index contributed by atoms with van der Waals surface area (Å²) in [6, 6.07) is 12.3. The molecular weight excluding hydrogens is 310 g/mol. The highest BCUT2D eigenvalue weighted by Gasteiger charge is 2.21. The molecule has 0 aromatic heterocycles. The summed E-state index contributed by atoms with van der Waals surface area (Å²) in [5.74, 6) is -1.98. The van der Waals surface area contributed by atoms with Gasteiger partial charge in [-0.25, -0.2) is 8.78 Å². The summed E-state index contributed by atoms with van der Waals surface area (Å²) in [4.78, 5) is 14.7. The Hall–Kier alpha value is -2.27. The number of likely N-dealkylation sites (tertiary alicyclic amines) is 1. The van der Waals surface area contributed by atoms with Gasteiger partial charge in [0, 0.05) is 18.2 Å². The molecule has 1 aliphatic rings. The number of nitrogens with zero attached hydrogens (tertiary/aromatic N) is 1. The van der Waals surface area contributed by atoms with Crippen molar-refractivity contribution in [2.75, 3.05) is 19.6 Å². The van der Waals surface area contributed by atoms with Gasteiger partial charge in [-0.15, -0.1) is 0 Å². The number of benzene rings is 2. The summed E-state index contributed by atoms with van der Waals surface area (Å²) in [5.41, 5.74) is 0.976. The van der Waals surface area contributed by atoms with Crippen LogP contribution in [0.4, 0.5) is 8.78 Å². The lowest BCUT2D eigenvalue weighted by molar-refractivity contribution is 0.0926. The summed E-state index contributed by atoms with van der Waals surface area (Å²) < 4.78 is 26.7. The monoisotopic (exact) mass is 330 g/mol. The lowest BCUT2D eigenvalue weighted by Crippen LogP contribution is -2.37. The van der Waals surface area contributed by atoms with Crippen LogP contribution in [0.25, 0.3) is 0 Å². The van der Waals surface area contributed by atoms with Crippen molar-refractivity contribution in [3.63, 3.8) is 0 Å². The largest absolute Gasteiger partial charge is 0.344 e. The molecule has 0 radical (unpaired) electrons. The number of carbonyl (C=O) groups is 1. The van der Waals surface area contributed by atoms with Crippen molar-refractivity contribution in [1.29, 1.82) is 0 Å². The van der Waals surface area contributed by atoms with Gasteiger partial charge in [0.15, 0.2) is 0 Å². The number of amides is 1. The number of halogens is 2. The normalized spacial score (nSPS) is 16.1. The average Bonchev–Trinajstić information content (AvgIpc) is 3.07. The minimum Gasteiger partial charge on any atom is -0.344 e. The Bertz CT molecular complexity index is 680. The second-order valence-corrected chi connectivity index (χ2v) is 6.10. The fourth-order valence-electron chi connectivity index (χ4n) is 3.07. The minimum atomic E-state index is -0.754. The number of hydrogen-bond acceptors (Lipinski definition) is 2. The topological polar surface area (TPSA) is 32.3 Å². The highest BCUT2D eigenvalue weighted by Crippen LogP contribution is 2.19. The smallest absolute Gasteiger partial charge is 0.252 e. The van der Waals surface area contributed by atoms with Gasteiger partial charge < -0.3 is 10.2 Å². The van der Waals surface area contributed by atoms with Gasteiger partial charge in [-0.3, -0.25) is 4.79 Å². The summed E-state index contributed by atoms with van der Waals surface area (Å²) in [6.45, 7) is 2.70. The Balaban J connectivity index is 1.78. The van der Waals surface area contributed by atoms with E-state index >= 15 is 0 Å². The zero-order valence-electron chi connectivity index (χ0n) is 13.3. The predicted octanol–water partition coefficient (Wildman–Crippen LogP) is 3.53. The zero-order chi connectivity index (χ0) is 16.9. The van der Waals surface area contributed by atoms with Crippen LogP contribution >= 0.6 is 0 Å². The van der Waals surface area contributed by atoms with Crippen molar-refractivity contribution in [3.8, 4) is 0 Å². The third-order valence-corrected chi connectivity index (χ3v) is 4.27.